The Bertz CT molecular complexity index is 263. The predicted molar refractivity (Wildman–Crippen MR) is 73.3 cm³/mol. The Hall–Kier alpha value is -0.610. The normalized spacial score (nSPS) is 26.1. The van der Waals surface area contributed by atoms with E-state index in [4.69, 9.17) is 4.74 Å². The predicted octanol–water partition coefficient (Wildman–Crippen LogP) is 1.99. The van der Waals surface area contributed by atoms with Gasteiger partial charge in [-0.1, -0.05) is 27.2 Å². The van der Waals surface area contributed by atoms with Gasteiger partial charge in [0.2, 0.25) is 5.91 Å². The van der Waals surface area contributed by atoms with Crippen LogP contribution in [0.3, 0.4) is 0 Å². The van der Waals surface area contributed by atoms with E-state index < -0.39 is 0 Å². The van der Waals surface area contributed by atoms with Crippen molar-refractivity contribution < 1.29 is 9.53 Å². The van der Waals surface area contributed by atoms with Gasteiger partial charge in [-0.3, -0.25) is 10.1 Å². The fourth-order valence-corrected chi connectivity index (χ4v) is 2.78. The van der Waals surface area contributed by atoms with Crippen LogP contribution < -0.4 is 5.32 Å². The van der Waals surface area contributed by atoms with Gasteiger partial charge < -0.3 is 9.64 Å². The average Bonchev–Trinajstić information content (AvgIpc) is 2.53. The van der Waals surface area contributed by atoms with Crippen LogP contribution in [0, 0.1) is 5.92 Å². The molecule has 0 aromatic heterocycles. The SMILES string of the molecule is CCCC(COC)N1C(=O)C(CC(C)C)NC1C. The molecule has 1 heterocycles. The molecular weight excluding hydrogens is 228 g/mol. The lowest BCUT2D eigenvalue weighted by Crippen LogP contribution is -2.45. The fourth-order valence-electron chi connectivity index (χ4n) is 2.78. The summed E-state index contributed by atoms with van der Waals surface area (Å²) in [5.41, 5.74) is 0. The van der Waals surface area contributed by atoms with Gasteiger partial charge >= 0.3 is 0 Å². The smallest absolute Gasteiger partial charge is 0.241 e. The summed E-state index contributed by atoms with van der Waals surface area (Å²) < 4.78 is 5.26. The third-order valence-electron chi connectivity index (χ3n) is 3.49. The van der Waals surface area contributed by atoms with Gasteiger partial charge in [-0.25, -0.2) is 0 Å². The maximum atomic E-state index is 12.5. The summed E-state index contributed by atoms with van der Waals surface area (Å²) in [6, 6.07) is 0.184. The lowest BCUT2D eigenvalue weighted by atomic mass is 10.0. The maximum Gasteiger partial charge on any atom is 0.241 e. The number of rotatable bonds is 7. The highest BCUT2D eigenvalue weighted by Crippen LogP contribution is 2.21. The molecule has 0 aliphatic carbocycles. The van der Waals surface area contributed by atoms with Crippen LogP contribution in [0.1, 0.15) is 47.0 Å². The zero-order chi connectivity index (χ0) is 13.7. The van der Waals surface area contributed by atoms with Gasteiger partial charge in [0, 0.05) is 7.11 Å². The van der Waals surface area contributed by atoms with Gasteiger partial charge in [0.25, 0.3) is 0 Å². The van der Waals surface area contributed by atoms with Crippen molar-refractivity contribution in [3.63, 3.8) is 0 Å². The minimum Gasteiger partial charge on any atom is -0.383 e. The third kappa shape index (κ3) is 3.69. The molecule has 1 saturated heterocycles. The quantitative estimate of drug-likeness (QED) is 0.757. The summed E-state index contributed by atoms with van der Waals surface area (Å²) in [5, 5.41) is 3.40. The summed E-state index contributed by atoms with van der Waals surface area (Å²) in [7, 11) is 1.70. The van der Waals surface area contributed by atoms with Crippen LogP contribution in [-0.4, -0.2) is 42.8 Å². The van der Waals surface area contributed by atoms with Crippen LogP contribution >= 0.6 is 0 Å². The molecule has 3 atom stereocenters. The number of carbonyl (C=O) groups is 1. The molecule has 0 spiro atoms. The Morgan fingerprint density at radius 1 is 1.44 bits per heavy atom. The van der Waals surface area contributed by atoms with Crippen LogP contribution in [0.5, 0.6) is 0 Å². The second-order valence-electron chi connectivity index (χ2n) is 5.67. The summed E-state index contributed by atoms with van der Waals surface area (Å²) in [5.74, 6) is 0.775. The molecule has 3 unspecified atom stereocenters. The van der Waals surface area contributed by atoms with Crippen molar-refractivity contribution in [3.8, 4) is 0 Å². The molecule has 4 heteroatoms. The molecule has 0 aromatic rings. The molecule has 4 nitrogen and oxygen atoms in total. The Balaban J connectivity index is 2.71. The Labute approximate surface area is 111 Å². The Morgan fingerprint density at radius 2 is 2.11 bits per heavy atom. The highest BCUT2D eigenvalue weighted by atomic mass is 16.5. The number of amides is 1. The van der Waals surface area contributed by atoms with E-state index in [1.807, 2.05) is 4.90 Å². The zero-order valence-corrected chi connectivity index (χ0v) is 12.4. The second kappa shape index (κ2) is 7.10. The van der Waals surface area contributed by atoms with Crippen LogP contribution in [0.15, 0.2) is 0 Å². The van der Waals surface area contributed by atoms with Crippen molar-refractivity contribution in [2.45, 2.75) is 65.2 Å². The van der Waals surface area contributed by atoms with Crippen LogP contribution in [0.25, 0.3) is 0 Å². The van der Waals surface area contributed by atoms with E-state index in [0.717, 1.165) is 19.3 Å². The van der Waals surface area contributed by atoms with Crippen LogP contribution in [0.4, 0.5) is 0 Å². The van der Waals surface area contributed by atoms with Gasteiger partial charge in [-0.05, 0) is 25.7 Å². The average molecular weight is 256 g/mol. The standard InChI is InChI=1S/C14H28N2O2/c1-6-7-12(9-18-5)16-11(4)15-13(14(16)17)8-10(2)3/h10-13,15H,6-9H2,1-5H3. The summed E-state index contributed by atoms with van der Waals surface area (Å²) >= 11 is 0. The largest absolute Gasteiger partial charge is 0.383 e. The van der Waals surface area contributed by atoms with Gasteiger partial charge in [-0.2, -0.15) is 0 Å². The molecule has 0 bridgehead atoms. The Morgan fingerprint density at radius 3 is 2.61 bits per heavy atom. The zero-order valence-electron chi connectivity index (χ0n) is 12.4. The lowest BCUT2D eigenvalue weighted by Gasteiger charge is -2.30. The van der Waals surface area contributed by atoms with Gasteiger partial charge in [-0.15, -0.1) is 0 Å². The van der Waals surface area contributed by atoms with E-state index in [1.165, 1.54) is 0 Å². The minimum absolute atomic E-state index is 0.0174. The monoisotopic (exact) mass is 256 g/mol. The number of nitrogens with zero attached hydrogens (tertiary/aromatic N) is 1. The molecular formula is C14H28N2O2. The van der Waals surface area contributed by atoms with Crippen molar-refractivity contribution in [1.82, 2.24) is 10.2 Å². The molecule has 106 valence electrons. The second-order valence-corrected chi connectivity index (χ2v) is 5.67. The van der Waals surface area contributed by atoms with Crippen molar-refractivity contribution in [2.75, 3.05) is 13.7 Å². The molecule has 1 aliphatic heterocycles. The number of hydrogen-bond donors (Lipinski definition) is 1. The van der Waals surface area contributed by atoms with Crippen molar-refractivity contribution >= 4 is 5.91 Å². The molecule has 1 aliphatic rings. The van der Waals surface area contributed by atoms with E-state index in [0.29, 0.717) is 12.5 Å². The highest BCUT2D eigenvalue weighted by molar-refractivity contribution is 5.84. The first kappa shape index (κ1) is 15.4. The molecule has 0 aromatic carbocycles. The van der Waals surface area contributed by atoms with Gasteiger partial charge in [0.15, 0.2) is 0 Å². The minimum atomic E-state index is -0.0174. The summed E-state index contributed by atoms with van der Waals surface area (Å²) in [6.07, 6.45) is 3.10. The van der Waals surface area contributed by atoms with E-state index in [1.54, 1.807) is 7.11 Å². The number of carbonyl (C=O) groups excluding carboxylic acids is 1. The van der Waals surface area contributed by atoms with Crippen LogP contribution in [-0.2, 0) is 9.53 Å². The first-order valence-corrected chi connectivity index (χ1v) is 7.08. The third-order valence-corrected chi connectivity index (χ3v) is 3.49. The summed E-state index contributed by atoms with van der Waals surface area (Å²) in [6.45, 7) is 9.14. The van der Waals surface area contributed by atoms with Crippen molar-refractivity contribution in [2.24, 2.45) is 5.92 Å². The van der Waals surface area contributed by atoms with E-state index in [9.17, 15) is 4.79 Å². The molecule has 1 rings (SSSR count). The summed E-state index contributed by atoms with van der Waals surface area (Å²) in [4.78, 5) is 14.4. The lowest BCUT2D eigenvalue weighted by molar-refractivity contribution is -0.133. The molecule has 0 saturated carbocycles. The number of nitrogens with one attached hydrogen (secondary N) is 1. The molecule has 18 heavy (non-hydrogen) atoms. The van der Waals surface area contributed by atoms with Gasteiger partial charge in [0.05, 0.1) is 24.9 Å². The molecule has 1 fully saturated rings. The molecule has 1 amide bonds. The topological polar surface area (TPSA) is 41.6 Å². The van der Waals surface area contributed by atoms with Crippen LogP contribution in [0.2, 0.25) is 0 Å². The highest BCUT2D eigenvalue weighted by Gasteiger charge is 2.39. The van der Waals surface area contributed by atoms with Crippen molar-refractivity contribution in [1.29, 1.82) is 0 Å². The maximum absolute atomic E-state index is 12.5. The molecule has 1 N–H and O–H groups in total. The first-order chi connectivity index (χ1) is 8.51. The van der Waals surface area contributed by atoms with E-state index in [-0.39, 0.29) is 24.2 Å². The Kier molecular flexibility index (Phi) is 6.09. The number of ether oxygens (including phenoxy) is 1. The molecule has 0 radical (unpaired) electrons. The number of hydrogen-bond acceptors (Lipinski definition) is 3. The fraction of sp³-hybridized carbons (Fsp3) is 0.929. The number of methoxy groups -OCH3 is 1. The van der Waals surface area contributed by atoms with Gasteiger partial charge in [0.1, 0.15) is 0 Å². The van der Waals surface area contributed by atoms with E-state index >= 15 is 0 Å². The van der Waals surface area contributed by atoms with E-state index in [2.05, 4.69) is 33.0 Å². The first-order valence-electron chi connectivity index (χ1n) is 7.08. The van der Waals surface area contributed by atoms with Crippen molar-refractivity contribution in [3.05, 3.63) is 0 Å².